The van der Waals surface area contributed by atoms with E-state index < -0.39 is 0 Å². The molecule has 2 rings (SSSR count). The number of hydrogen-bond acceptors (Lipinski definition) is 2. The lowest BCUT2D eigenvalue weighted by atomic mass is 10.2. The number of nitrogens with zero attached hydrogens (tertiary/aromatic N) is 1. The smallest absolute Gasteiger partial charge is 0.266 e. The Morgan fingerprint density at radius 3 is 2.61 bits per heavy atom. The van der Waals surface area contributed by atoms with Gasteiger partial charge in [-0.2, -0.15) is 0 Å². The van der Waals surface area contributed by atoms with Crippen molar-refractivity contribution in [1.29, 1.82) is 0 Å². The van der Waals surface area contributed by atoms with E-state index in [2.05, 4.69) is 11.2 Å². The maximum atomic E-state index is 11.3. The molecule has 0 aliphatic heterocycles. The summed E-state index contributed by atoms with van der Waals surface area (Å²) >= 11 is 7.77. The number of aromatic nitrogens is 2. The SMILES string of the molecule is Cc1cc(SCc2cc(=O)n(C)[nH]2)c(C)cc1Cl. The van der Waals surface area contributed by atoms with Crippen LogP contribution in [0.3, 0.4) is 0 Å². The lowest BCUT2D eigenvalue weighted by Crippen LogP contribution is -2.09. The average molecular weight is 283 g/mol. The molecule has 0 amide bonds. The van der Waals surface area contributed by atoms with Gasteiger partial charge >= 0.3 is 0 Å². The maximum absolute atomic E-state index is 11.3. The first-order valence-corrected chi connectivity index (χ1v) is 6.98. The Morgan fingerprint density at radius 1 is 1.28 bits per heavy atom. The fraction of sp³-hybridized carbons (Fsp3) is 0.308. The van der Waals surface area contributed by atoms with Gasteiger partial charge in [0.05, 0.1) is 0 Å². The van der Waals surface area contributed by atoms with Gasteiger partial charge in [-0.25, -0.2) is 0 Å². The Kier molecular flexibility index (Phi) is 3.88. The second-order valence-corrected chi connectivity index (χ2v) is 5.76. The second kappa shape index (κ2) is 5.24. The van der Waals surface area contributed by atoms with Crippen molar-refractivity contribution in [3.05, 3.63) is 50.4 Å². The minimum atomic E-state index is -0.00499. The molecule has 0 aliphatic carbocycles. The summed E-state index contributed by atoms with van der Waals surface area (Å²) in [6.45, 7) is 4.04. The zero-order chi connectivity index (χ0) is 13.3. The average Bonchev–Trinajstić information content (AvgIpc) is 2.62. The number of aryl methyl sites for hydroxylation is 3. The van der Waals surface area contributed by atoms with Crippen molar-refractivity contribution < 1.29 is 0 Å². The molecule has 0 radical (unpaired) electrons. The highest BCUT2D eigenvalue weighted by molar-refractivity contribution is 7.98. The molecule has 3 nitrogen and oxygen atoms in total. The number of aromatic amines is 1. The molecule has 18 heavy (non-hydrogen) atoms. The van der Waals surface area contributed by atoms with Crippen LogP contribution in [-0.4, -0.2) is 9.78 Å². The summed E-state index contributed by atoms with van der Waals surface area (Å²) < 4.78 is 1.48. The van der Waals surface area contributed by atoms with Crippen molar-refractivity contribution in [2.24, 2.45) is 7.05 Å². The molecule has 0 spiro atoms. The first kappa shape index (κ1) is 13.3. The summed E-state index contributed by atoms with van der Waals surface area (Å²) in [5.74, 6) is 0.748. The van der Waals surface area contributed by atoms with Gasteiger partial charge in [-0.05, 0) is 37.1 Å². The Bertz CT molecular complexity index is 630. The molecule has 2 aromatic rings. The fourth-order valence-corrected chi connectivity index (χ4v) is 2.91. The van der Waals surface area contributed by atoms with Gasteiger partial charge in [0.2, 0.25) is 0 Å². The highest BCUT2D eigenvalue weighted by Crippen LogP contribution is 2.29. The summed E-state index contributed by atoms with van der Waals surface area (Å²) in [5.41, 5.74) is 3.16. The summed E-state index contributed by atoms with van der Waals surface area (Å²) in [7, 11) is 1.72. The van der Waals surface area contributed by atoms with E-state index in [1.54, 1.807) is 24.9 Å². The lowest BCUT2D eigenvalue weighted by Gasteiger charge is -2.07. The Hall–Kier alpha value is -1.13. The predicted octanol–water partition coefficient (Wildman–Crippen LogP) is 3.28. The molecule has 0 fully saturated rings. The molecular formula is C13H15ClN2OS. The number of nitrogens with one attached hydrogen (secondary N) is 1. The molecule has 1 aromatic heterocycles. The first-order valence-electron chi connectivity index (χ1n) is 5.62. The minimum Gasteiger partial charge on any atom is -0.299 e. The molecular weight excluding hydrogens is 268 g/mol. The molecule has 96 valence electrons. The standard InChI is InChI=1S/C13H15ClN2OS/c1-8-5-12(9(2)4-11(8)14)18-7-10-6-13(17)16(3)15-10/h4-6,15H,7H2,1-3H3. The van der Waals surface area contributed by atoms with Crippen LogP contribution in [-0.2, 0) is 12.8 Å². The molecule has 0 atom stereocenters. The van der Waals surface area contributed by atoms with E-state index in [1.807, 2.05) is 19.9 Å². The molecule has 0 aliphatic rings. The molecule has 0 unspecified atom stereocenters. The zero-order valence-corrected chi connectivity index (χ0v) is 12.2. The predicted molar refractivity (Wildman–Crippen MR) is 76.5 cm³/mol. The van der Waals surface area contributed by atoms with Crippen molar-refractivity contribution in [3.63, 3.8) is 0 Å². The minimum absolute atomic E-state index is 0.00499. The van der Waals surface area contributed by atoms with Crippen LogP contribution in [0, 0.1) is 13.8 Å². The van der Waals surface area contributed by atoms with Gasteiger partial charge in [0.25, 0.3) is 5.56 Å². The van der Waals surface area contributed by atoms with Gasteiger partial charge in [-0.1, -0.05) is 11.6 Å². The monoisotopic (exact) mass is 282 g/mol. The number of rotatable bonds is 3. The van der Waals surface area contributed by atoms with Gasteiger partial charge in [-0.3, -0.25) is 14.6 Å². The van der Waals surface area contributed by atoms with Crippen LogP contribution in [0.5, 0.6) is 0 Å². The van der Waals surface area contributed by atoms with Gasteiger partial charge in [0, 0.05) is 34.5 Å². The van der Waals surface area contributed by atoms with Gasteiger partial charge in [0.1, 0.15) is 0 Å². The van der Waals surface area contributed by atoms with E-state index >= 15 is 0 Å². The van der Waals surface area contributed by atoms with E-state index in [-0.39, 0.29) is 5.56 Å². The number of benzene rings is 1. The third-order valence-corrected chi connectivity index (χ3v) is 4.39. The van der Waals surface area contributed by atoms with Crippen LogP contribution < -0.4 is 5.56 Å². The Balaban J connectivity index is 2.15. The van der Waals surface area contributed by atoms with Crippen LogP contribution in [0.25, 0.3) is 0 Å². The van der Waals surface area contributed by atoms with Crippen LogP contribution in [0.2, 0.25) is 5.02 Å². The second-order valence-electron chi connectivity index (χ2n) is 4.33. The van der Waals surface area contributed by atoms with Crippen LogP contribution in [0.15, 0.2) is 27.9 Å². The summed E-state index contributed by atoms with van der Waals surface area (Å²) in [4.78, 5) is 12.5. The van der Waals surface area contributed by atoms with Crippen molar-refractivity contribution in [2.45, 2.75) is 24.5 Å². The Morgan fingerprint density at radius 2 is 2.00 bits per heavy atom. The molecule has 0 saturated carbocycles. The number of halogens is 1. The number of H-pyrrole nitrogens is 1. The number of thioether (sulfide) groups is 1. The fourth-order valence-electron chi connectivity index (χ4n) is 1.69. The lowest BCUT2D eigenvalue weighted by molar-refractivity contribution is 0.729. The van der Waals surface area contributed by atoms with Gasteiger partial charge in [0.15, 0.2) is 0 Å². The molecule has 5 heteroatoms. The molecule has 1 aromatic carbocycles. The van der Waals surface area contributed by atoms with Crippen molar-refractivity contribution >= 4 is 23.4 Å². The van der Waals surface area contributed by atoms with E-state index in [9.17, 15) is 4.79 Å². The summed E-state index contributed by atoms with van der Waals surface area (Å²) in [6.07, 6.45) is 0. The van der Waals surface area contributed by atoms with Crippen molar-refractivity contribution in [2.75, 3.05) is 0 Å². The van der Waals surface area contributed by atoms with Crippen LogP contribution >= 0.6 is 23.4 Å². The van der Waals surface area contributed by atoms with Crippen LogP contribution in [0.4, 0.5) is 0 Å². The molecule has 1 N–H and O–H groups in total. The van der Waals surface area contributed by atoms with E-state index in [1.165, 1.54) is 9.58 Å². The third-order valence-electron chi connectivity index (χ3n) is 2.78. The molecule has 0 saturated heterocycles. The van der Waals surface area contributed by atoms with Gasteiger partial charge < -0.3 is 0 Å². The van der Waals surface area contributed by atoms with Crippen molar-refractivity contribution in [1.82, 2.24) is 9.78 Å². The Labute approximate surface area is 115 Å². The van der Waals surface area contributed by atoms with Crippen LogP contribution in [0.1, 0.15) is 16.8 Å². The summed E-state index contributed by atoms with van der Waals surface area (Å²) in [5, 5.41) is 3.81. The largest absolute Gasteiger partial charge is 0.299 e. The maximum Gasteiger partial charge on any atom is 0.266 e. The highest BCUT2D eigenvalue weighted by Gasteiger charge is 2.06. The summed E-state index contributed by atoms with van der Waals surface area (Å²) in [6, 6.07) is 5.70. The van der Waals surface area contributed by atoms with Gasteiger partial charge in [-0.15, -0.1) is 11.8 Å². The third kappa shape index (κ3) is 2.82. The normalized spacial score (nSPS) is 10.9. The zero-order valence-electron chi connectivity index (χ0n) is 10.6. The molecule has 1 heterocycles. The van der Waals surface area contributed by atoms with E-state index in [0.29, 0.717) is 0 Å². The van der Waals surface area contributed by atoms with E-state index in [4.69, 9.17) is 11.6 Å². The molecule has 0 bridgehead atoms. The van der Waals surface area contributed by atoms with Crippen molar-refractivity contribution in [3.8, 4) is 0 Å². The highest BCUT2D eigenvalue weighted by atomic mass is 35.5. The topological polar surface area (TPSA) is 37.8 Å². The van der Waals surface area contributed by atoms with E-state index in [0.717, 1.165) is 27.6 Å². The quantitative estimate of drug-likeness (QED) is 0.878. The first-order chi connectivity index (χ1) is 8.47. The number of hydrogen-bond donors (Lipinski definition) is 1.